The Bertz CT molecular complexity index is 806. The van der Waals surface area contributed by atoms with Gasteiger partial charge in [-0.05, 0) is 37.6 Å². The Labute approximate surface area is 163 Å². The molecule has 5 rings (SSSR count). The molecular weight excluding hydrogens is 364 g/mol. The predicted octanol–water partition coefficient (Wildman–Crippen LogP) is 0.542. The number of carbonyl (C=O) groups is 1. The molecule has 0 spiro atoms. The van der Waals surface area contributed by atoms with E-state index in [1.165, 1.54) is 0 Å². The van der Waals surface area contributed by atoms with E-state index in [2.05, 4.69) is 10.2 Å². The van der Waals surface area contributed by atoms with E-state index in [1.54, 1.807) is 6.07 Å². The number of hydrogen-bond donors (Lipinski definition) is 4. The maximum absolute atomic E-state index is 12.9. The molecule has 8 heteroatoms. The number of aliphatic hydroxyl groups is 2. The second kappa shape index (κ2) is 6.50. The zero-order valence-corrected chi connectivity index (χ0v) is 15.8. The first-order valence-electron chi connectivity index (χ1n) is 10.1. The average Bonchev–Trinajstić information content (AvgIpc) is 3.17. The Hall–Kier alpha value is -2.03. The van der Waals surface area contributed by atoms with Gasteiger partial charge >= 0.3 is 0 Å². The number of ether oxygens (including phenoxy) is 2. The van der Waals surface area contributed by atoms with Crippen molar-refractivity contribution in [2.24, 2.45) is 5.92 Å². The molecule has 6 atom stereocenters. The zero-order valence-electron chi connectivity index (χ0n) is 15.8. The molecule has 0 radical (unpaired) electrons. The van der Waals surface area contributed by atoms with Gasteiger partial charge in [-0.15, -0.1) is 0 Å². The third-order valence-electron chi connectivity index (χ3n) is 6.92. The van der Waals surface area contributed by atoms with Gasteiger partial charge in [0.1, 0.15) is 0 Å². The highest BCUT2D eigenvalue weighted by Crippen LogP contribution is 2.51. The number of carbonyl (C=O) groups excluding carboxylic acids is 1. The number of fused-ring (bicyclic) bond motifs is 4. The SMILES string of the molecule is C[C@@H]1[C@H](O)[C@@H](O)[C@H](N2CCCCC2)[C@@H]2c3cc4c(c(O)c3C(=O)N[C@@H]12)OCO4. The Morgan fingerprint density at radius 3 is 2.64 bits per heavy atom. The van der Waals surface area contributed by atoms with Gasteiger partial charge in [-0.2, -0.15) is 0 Å². The van der Waals surface area contributed by atoms with E-state index in [-0.39, 0.29) is 53.7 Å². The molecule has 1 amide bonds. The molecule has 8 nitrogen and oxygen atoms in total. The number of nitrogens with zero attached hydrogens (tertiary/aromatic N) is 1. The normalized spacial score (nSPS) is 37.2. The molecule has 0 unspecified atom stereocenters. The number of aromatic hydroxyl groups is 1. The fourth-order valence-electron chi connectivity index (χ4n) is 5.51. The molecule has 1 saturated carbocycles. The molecule has 152 valence electrons. The maximum Gasteiger partial charge on any atom is 0.255 e. The van der Waals surface area contributed by atoms with Gasteiger partial charge in [0, 0.05) is 23.9 Å². The van der Waals surface area contributed by atoms with Crippen LogP contribution in [0.25, 0.3) is 0 Å². The number of nitrogens with one attached hydrogen (secondary N) is 1. The fourth-order valence-corrected chi connectivity index (χ4v) is 5.51. The summed E-state index contributed by atoms with van der Waals surface area (Å²) in [4.78, 5) is 15.1. The number of phenolic OH excluding ortho intramolecular Hbond substituents is 1. The third-order valence-corrected chi connectivity index (χ3v) is 6.92. The first kappa shape index (κ1) is 18.0. The maximum atomic E-state index is 12.9. The Kier molecular flexibility index (Phi) is 4.19. The molecule has 1 aromatic carbocycles. The Morgan fingerprint density at radius 1 is 1.14 bits per heavy atom. The van der Waals surface area contributed by atoms with Crippen LogP contribution in [0.3, 0.4) is 0 Å². The smallest absolute Gasteiger partial charge is 0.255 e. The fraction of sp³-hybridized carbons (Fsp3) is 0.650. The lowest BCUT2D eigenvalue weighted by Crippen LogP contribution is -2.67. The number of piperidine rings is 1. The second-order valence-electron chi connectivity index (χ2n) is 8.38. The minimum absolute atomic E-state index is 0.00516. The van der Waals surface area contributed by atoms with Gasteiger partial charge < -0.3 is 30.1 Å². The standard InChI is InChI=1S/C20H26N2O6/c1-9-14-12(15(18(25)16(9)23)22-5-3-2-4-6-22)10-7-11-19(28-8-27-11)17(24)13(10)20(26)21-14/h7,9,12,14-16,18,23-25H,2-6,8H2,1H3,(H,21,26)/t9-,12+,14-,15+,16-,18-/m0/s1. The van der Waals surface area contributed by atoms with Crippen molar-refractivity contribution in [1.82, 2.24) is 10.2 Å². The minimum atomic E-state index is -0.940. The van der Waals surface area contributed by atoms with Crippen LogP contribution in [0.15, 0.2) is 6.07 Å². The van der Waals surface area contributed by atoms with Gasteiger partial charge in [0.25, 0.3) is 5.91 Å². The summed E-state index contributed by atoms with van der Waals surface area (Å²) in [5.74, 6) is -0.599. The van der Waals surface area contributed by atoms with Crippen LogP contribution in [-0.4, -0.2) is 70.3 Å². The Balaban J connectivity index is 1.67. The summed E-state index contributed by atoms with van der Waals surface area (Å²) in [5, 5.41) is 35.4. The summed E-state index contributed by atoms with van der Waals surface area (Å²) in [7, 11) is 0. The van der Waals surface area contributed by atoms with Crippen LogP contribution in [0.1, 0.15) is 48.0 Å². The van der Waals surface area contributed by atoms with Crippen LogP contribution in [-0.2, 0) is 0 Å². The predicted molar refractivity (Wildman–Crippen MR) is 98.6 cm³/mol. The number of benzene rings is 1. The lowest BCUT2D eigenvalue weighted by atomic mass is 9.65. The average molecular weight is 390 g/mol. The number of phenols is 1. The summed E-state index contributed by atoms with van der Waals surface area (Å²) in [6, 6.07) is 1.07. The molecule has 0 bridgehead atoms. The number of aliphatic hydroxyl groups excluding tert-OH is 2. The second-order valence-corrected chi connectivity index (χ2v) is 8.38. The van der Waals surface area contributed by atoms with Gasteiger partial charge in [-0.3, -0.25) is 9.69 Å². The van der Waals surface area contributed by atoms with Crippen LogP contribution in [0, 0.1) is 5.92 Å². The minimum Gasteiger partial charge on any atom is -0.504 e. The third kappa shape index (κ3) is 2.44. The van der Waals surface area contributed by atoms with Crippen molar-refractivity contribution >= 4 is 5.91 Å². The molecule has 1 saturated heterocycles. The number of amides is 1. The van der Waals surface area contributed by atoms with E-state index in [9.17, 15) is 20.1 Å². The van der Waals surface area contributed by atoms with Crippen LogP contribution < -0.4 is 14.8 Å². The van der Waals surface area contributed by atoms with E-state index in [4.69, 9.17) is 9.47 Å². The topological polar surface area (TPSA) is 111 Å². The number of hydrogen-bond acceptors (Lipinski definition) is 7. The molecule has 2 fully saturated rings. The lowest BCUT2D eigenvalue weighted by molar-refractivity contribution is -0.111. The molecule has 3 heterocycles. The molecule has 1 aromatic rings. The number of rotatable bonds is 1. The molecule has 4 N–H and O–H groups in total. The van der Waals surface area contributed by atoms with E-state index in [1.807, 2.05) is 6.92 Å². The first-order valence-corrected chi connectivity index (χ1v) is 10.1. The van der Waals surface area contributed by atoms with Crippen molar-refractivity contribution in [2.45, 2.75) is 56.4 Å². The molecular formula is C20H26N2O6. The van der Waals surface area contributed by atoms with Crippen molar-refractivity contribution in [1.29, 1.82) is 0 Å². The van der Waals surface area contributed by atoms with E-state index in [0.717, 1.165) is 32.4 Å². The van der Waals surface area contributed by atoms with Crippen LogP contribution in [0.2, 0.25) is 0 Å². The van der Waals surface area contributed by atoms with E-state index < -0.39 is 12.2 Å². The van der Waals surface area contributed by atoms with Gasteiger partial charge in [-0.1, -0.05) is 13.3 Å². The summed E-state index contributed by atoms with van der Waals surface area (Å²) in [6.07, 6.45) is 1.36. The largest absolute Gasteiger partial charge is 0.504 e. The summed E-state index contributed by atoms with van der Waals surface area (Å²) >= 11 is 0. The quantitative estimate of drug-likeness (QED) is 0.554. The zero-order chi connectivity index (χ0) is 19.6. The lowest BCUT2D eigenvalue weighted by Gasteiger charge is -2.53. The van der Waals surface area contributed by atoms with Crippen molar-refractivity contribution in [2.75, 3.05) is 19.9 Å². The van der Waals surface area contributed by atoms with Gasteiger partial charge in [0.2, 0.25) is 12.5 Å². The van der Waals surface area contributed by atoms with Gasteiger partial charge in [0.05, 0.1) is 17.8 Å². The van der Waals surface area contributed by atoms with Crippen LogP contribution >= 0.6 is 0 Å². The van der Waals surface area contributed by atoms with Crippen LogP contribution in [0.4, 0.5) is 0 Å². The first-order chi connectivity index (χ1) is 13.5. The highest BCUT2D eigenvalue weighted by molar-refractivity contribution is 6.01. The van der Waals surface area contributed by atoms with Crippen molar-refractivity contribution in [3.8, 4) is 17.2 Å². The number of likely N-dealkylation sites (tertiary alicyclic amines) is 1. The van der Waals surface area contributed by atoms with Gasteiger partial charge in [0.15, 0.2) is 11.5 Å². The molecule has 3 aliphatic heterocycles. The highest BCUT2D eigenvalue weighted by atomic mass is 16.7. The molecule has 28 heavy (non-hydrogen) atoms. The van der Waals surface area contributed by atoms with Crippen molar-refractivity contribution in [3.63, 3.8) is 0 Å². The Morgan fingerprint density at radius 2 is 1.89 bits per heavy atom. The van der Waals surface area contributed by atoms with Gasteiger partial charge in [-0.25, -0.2) is 0 Å². The molecule has 1 aliphatic carbocycles. The summed E-state index contributed by atoms with van der Waals surface area (Å²) in [5.41, 5.74) is 0.840. The summed E-state index contributed by atoms with van der Waals surface area (Å²) < 4.78 is 10.8. The van der Waals surface area contributed by atoms with Crippen molar-refractivity contribution in [3.05, 3.63) is 17.2 Å². The highest BCUT2D eigenvalue weighted by Gasteiger charge is 2.54. The van der Waals surface area contributed by atoms with E-state index in [0.29, 0.717) is 11.3 Å². The molecule has 0 aromatic heterocycles. The van der Waals surface area contributed by atoms with Crippen LogP contribution in [0.5, 0.6) is 17.2 Å². The van der Waals surface area contributed by atoms with E-state index >= 15 is 0 Å². The molecule has 4 aliphatic rings. The van der Waals surface area contributed by atoms with Crippen molar-refractivity contribution < 1.29 is 29.6 Å². The monoisotopic (exact) mass is 390 g/mol. The summed E-state index contributed by atoms with van der Waals surface area (Å²) in [6.45, 7) is 3.52.